The number of hydrogen-bond acceptors (Lipinski definition) is 4. The molecule has 0 aliphatic heterocycles. The number of carbonyl (C=O) groups excluding carboxylic acids is 1. The Balaban J connectivity index is 2.01. The molecule has 0 unspecified atom stereocenters. The molecule has 1 aromatic rings. The fourth-order valence-electron chi connectivity index (χ4n) is 1.93. The number of benzene rings is 1. The number of carbonyl (C=O) groups is 1. The summed E-state index contributed by atoms with van der Waals surface area (Å²) in [5.41, 5.74) is 1.13. The van der Waals surface area contributed by atoms with E-state index >= 15 is 0 Å². The molecule has 0 aromatic heterocycles. The Hall–Kier alpha value is -1.23. The van der Waals surface area contributed by atoms with Crippen LogP contribution < -0.4 is 0 Å². The number of Topliss-reactive ketones (excluding diaryl/α,β-unsaturated/α-hetero) is 1. The number of aliphatic hydroxyl groups excluding tert-OH is 2. The Morgan fingerprint density at radius 3 is 2.65 bits per heavy atom. The van der Waals surface area contributed by atoms with Gasteiger partial charge in [0, 0.05) is 26.1 Å². The van der Waals surface area contributed by atoms with Gasteiger partial charge in [0.15, 0.2) is 0 Å². The molecule has 112 valence electrons. The molecule has 2 N–H and O–H groups in total. The molecular formula is C16H24O4. The summed E-state index contributed by atoms with van der Waals surface area (Å²) < 4.78 is 5.51. The van der Waals surface area contributed by atoms with Crippen molar-refractivity contribution in [3.8, 4) is 0 Å². The molecular weight excluding hydrogens is 256 g/mol. The summed E-state index contributed by atoms with van der Waals surface area (Å²) >= 11 is 0. The first-order chi connectivity index (χ1) is 9.72. The van der Waals surface area contributed by atoms with Gasteiger partial charge in [0.1, 0.15) is 5.78 Å². The topological polar surface area (TPSA) is 66.8 Å². The first kappa shape index (κ1) is 16.8. The average molecular weight is 280 g/mol. The summed E-state index contributed by atoms with van der Waals surface area (Å²) in [5, 5.41) is 18.3. The number of ether oxygens (including phenoxy) is 1. The Kier molecular flexibility index (Phi) is 8.87. The molecule has 4 nitrogen and oxygen atoms in total. The molecule has 0 fully saturated rings. The van der Waals surface area contributed by atoms with Crippen molar-refractivity contribution in [1.29, 1.82) is 0 Å². The molecule has 0 aliphatic rings. The third-order valence-electron chi connectivity index (χ3n) is 3.01. The second-order valence-corrected chi connectivity index (χ2v) is 4.90. The fraction of sp³-hybridized carbons (Fsp3) is 0.562. The second kappa shape index (κ2) is 10.5. The van der Waals surface area contributed by atoms with Gasteiger partial charge in [0.25, 0.3) is 0 Å². The van der Waals surface area contributed by atoms with E-state index in [0.717, 1.165) is 12.0 Å². The van der Waals surface area contributed by atoms with E-state index in [1.165, 1.54) is 0 Å². The van der Waals surface area contributed by atoms with Crippen LogP contribution in [-0.4, -0.2) is 35.3 Å². The SMILES string of the molecule is O=C(CCCO)C[C@@H](O)CCCOCc1ccccc1. The van der Waals surface area contributed by atoms with E-state index in [4.69, 9.17) is 9.84 Å². The average Bonchev–Trinajstić information content (AvgIpc) is 2.46. The van der Waals surface area contributed by atoms with Gasteiger partial charge >= 0.3 is 0 Å². The van der Waals surface area contributed by atoms with Gasteiger partial charge in [-0.2, -0.15) is 0 Å². The van der Waals surface area contributed by atoms with Crippen LogP contribution in [0.2, 0.25) is 0 Å². The van der Waals surface area contributed by atoms with Crippen LogP contribution in [0, 0.1) is 0 Å². The zero-order valence-electron chi connectivity index (χ0n) is 11.8. The van der Waals surface area contributed by atoms with E-state index < -0.39 is 6.10 Å². The highest BCUT2D eigenvalue weighted by Gasteiger charge is 2.10. The molecule has 0 aliphatic carbocycles. The van der Waals surface area contributed by atoms with Gasteiger partial charge in [-0.05, 0) is 24.8 Å². The molecule has 1 aromatic carbocycles. The van der Waals surface area contributed by atoms with Crippen LogP contribution in [0.1, 0.15) is 37.7 Å². The van der Waals surface area contributed by atoms with Gasteiger partial charge in [0.05, 0.1) is 12.7 Å². The monoisotopic (exact) mass is 280 g/mol. The van der Waals surface area contributed by atoms with Gasteiger partial charge in [-0.3, -0.25) is 4.79 Å². The fourth-order valence-corrected chi connectivity index (χ4v) is 1.93. The molecule has 0 saturated carbocycles. The number of hydrogen-bond donors (Lipinski definition) is 2. The number of rotatable bonds is 11. The Morgan fingerprint density at radius 2 is 1.95 bits per heavy atom. The van der Waals surface area contributed by atoms with Crippen LogP contribution in [-0.2, 0) is 16.1 Å². The van der Waals surface area contributed by atoms with Gasteiger partial charge in [-0.15, -0.1) is 0 Å². The standard InChI is InChI=1S/C16H24O4/c17-10-4-8-15(18)12-16(19)9-5-11-20-13-14-6-2-1-3-7-14/h1-3,6-7,16-17,19H,4-5,8-13H2/t16-/m0/s1. The first-order valence-corrected chi connectivity index (χ1v) is 7.14. The normalized spacial score (nSPS) is 12.3. The van der Waals surface area contributed by atoms with Crippen molar-refractivity contribution in [3.63, 3.8) is 0 Å². The second-order valence-electron chi connectivity index (χ2n) is 4.90. The first-order valence-electron chi connectivity index (χ1n) is 7.14. The molecule has 1 atom stereocenters. The third kappa shape index (κ3) is 8.04. The van der Waals surface area contributed by atoms with Crippen LogP contribution in [0.15, 0.2) is 30.3 Å². The predicted molar refractivity (Wildman–Crippen MR) is 77.3 cm³/mol. The summed E-state index contributed by atoms with van der Waals surface area (Å²) in [6.45, 7) is 1.18. The summed E-state index contributed by atoms with van der Waals surface area (Å²) in [6, 6.07) is 9.93. The highest BCUT2D eigenvalue weighted by atomic mass is 16.5. The van der Waals surface area contributed by atoms with Crippen molar-refractivity contribution >= 4 is 5.78 Å². The smallest absolute Gasteiger partial charge is 0.135 e. The van der Waals surface area contributed by atoms with Gasteiger partial charge < -0.3 is 14.9 Å². The lowest BCUT2D eigenvalue weighted by Gasteiger charge is -2.10. The van der Waals surface area contributed by atoms with E-state index in [-0.39, 0.29) is 18.8 Å². The van der Waals surface area contributed by atoms with Crippen LogP contribution in [0.3, 0.4) is 0 Å². The minimum Gasteiger partial charge on any atom is -0.396 e. The van der Waals surface area contributed by atoms with E-state index in [1.54, 1.807) is 0 Å². The molecule has 0 saturated heterocycles. The number of aliphatic hydroxyl groups is 2. The predicted octanol–water partition coefficient (Wildman–Crippen LogP) is 2.08. The van der Waals surface area contributed by atoms with Crippen LogP contribution in [0.5, 0.6) is 0 Å². The van der Waals surface area contributed by atoms with Gasteiger partial charge in [0.2, 0.25) is 0 Å². The van der Waals surface area contributed by atoms with Crippen molar-refractivity contribution in [2.45, 2.75) is 44.8 Å². The van der Waals surface area contributed by atoms with E-state index in [1.807, 2.05) is 30.3 Å². The highest BCUT2D eigenvalue weighted by Crippen LogP contribution is 2.07. The Labute approximate surface area is 120 Å². The van der Waals surface area contributed by atoms with E-state index in [2.05, 4.69) is 0 Å². The molecule has 0 radical (unpaired) electrons. The lowest BCUT2D eigenvalue weighted by atomic mass is 10.1. The largest absolute Gasteiger partial charge is 0.396 e. The molecule has 1 rings (SSSR count). The van der Waals surface area contributed by atoms with Crippen molar-refractivity contribution in [2.24, 2.45) is 0 Å². The summed E-state index contributed by atoms with van der Waals surface area (Å²) in [5.74, 6) is 0.0109. The Morgan fingerprint density at radius 1 is 1.20 bits per heavy atom. The van der Waals surface area contributed by atoms with Crippen molar-refractivity contribution in [3.05, 3.63) is 35.9 Å². The maximum absolute atomic E-state index is 11.4. The van der Waals surface area contributed by atoms with E-state index in [9.17, 15) is 9.90 Å². The van der Waals surface area contributed by atoms with Crippen molar-refractivity contribution in [1.82, 2.24) is 0 Å². The zero-order chi connectivity index (χ0) is 14.6. The van der Waals surface area contributed by atoms with Gasteiger partial charge in [-0.25, -0.2) is 0 Å². The van der Waals surface area contributed by atoms with Crippen LogP contribution in [0.25, 0.3) is 0 Å². The maximum Gasteiger partial charge on any atom is 0.135 e. The third-order valence-corrected chi connectivity index (χ3v) is 3.01. The number of ketones is 1. The molecule has 20 heavy (non-hydrogen) atoms. The highest BCUT2D eigenvalue weighted by molar-refractivity contribution is 5.78. The minimum atomic E-state index is -0.596. The van der Waals surface area contributed by atoms with E-state index in [0.29, 0.717) is 32.5 Å². The lowest BCUT2D eigenvalue weighted by molar-refractivity contribution is -0.121. The van der Waals surface area contributed by atoms with Crippen LogP contribution >= 0.6 is 0 Å². The summed E-state index contributed by atoms with van der Waals surface area (Å²) in [4.78, 5) is 11.4. The lowest BCUT2D eigenvalue weighted by Crippen LogP contribution is -2.14. The molecule has 0 heterocycles. The Bertz CT molecular complexity index is 364. The molecule has 0 amide bonds. The maximum atomic E-state index is 11.4. The summed E-state index contributed by atoms with van der Waals surface area (Å²) in [7, 11) is 0. The minimum absolute atomic E-state index is 0.0109. The van der Waals surface area contributed by atoms with Crippen molar-refractivity contribution < 1.29 is 19.7 Å². The molecule has 0 spiro atoms. The summed E-state index contributed by atoms with van der Waals surface area (Å²) in [6.07, 6.45) is 1.71. The molecule has 4 heteroatoms. The zero-order valence-corrected chi connectivity index (χ0v) is 11.8. The van der Waals surface area contributed by atoms with Gasteiger partial charge in [-0.1, -0.05) is 30.3 Å². The van der Waals surface area contributed by atoms with Crippen LogP contribution in [0.4, 0.5) is 0 Å². The quantitative estimate of drug-likeness (QED) is 0.609. The molecule has 0 bridgehead atoms. The van der Waals surface area contributed by atoms with Crippen molar-refractivity contribution in [2.75, 3.05) is 13.2 Å².